The van der Waals surface area contributed by atoms with Crippen LogP contribution in [-0.2, 0) is 23.4 Å². The summed E-state index contributed by atoms with van der Waals surface area (Å²) in [5.74, 6) is -1.14. The van der Waals surface area contributed by atoms with Crippen LogP contribution in [0.4, 0.5) is 13.2 Å². The first kappa shape index (κ1) is 28.6. The maximum Gasteiger partial charge on any atom is 0.459 e. The first-order valence-electron chi connectivity index (χ1n) is 10.9. The van der Waals surface area contributed by atoms with E-state index in [1.54, 1.807) is 18.2 Å². The van der Waals surface area contributed by atoms with Crippen molar-refractivity contribution in [3.8, 4) is 5.75 Å². The highest BCUT2D eigenvalue weighted by atomic mass is 31.2. The van der Waals surface area contributed by atoms with E-state index < -0.39 is 74.8 Å². The van der Waals surface area contributed by atoms with Gasteiger partial charge in [-0.2, -0.15) is 5.09 Å². The van der Waals surface area contributed by atoms with Gasteiger partial charge in [0.15, 0.2) is 18.5 Å². The van der Waals surface area contributed by atoms with Crippen LogP contribution in [0.2, 0.25) is 0 Å². The SMILES string of the molecule is C[C@H](NP(=O)(OC[C@H]1O[C@@H](n2ccc(=O)[nH]c2=O)[C@](C)(F)[C@@H]1O)Oc1ccccc1)C(=O)OCC(F)F. The molecule has 2 heterocycles. The van der Waals surface area contributed by atoms with Crippen LogP contribution >= 0.6 is 7.75 Å². The fourth-order valence-corrected chi connectivity index (χ4v) is 4.91. The fourth-order valence-electron chi connectivity index (χ4n) is 3.40. The van der Waals surface area contributed by atoms with Crippen LogP contribution in [0, 0.1) is 0 Å². The summed E-state index contributed by atoms with van der Waals surface area (Å²) in [6, 6.07) is 7.07. The summed E-state index contributed by atoms with van der Waals surface area (Å²) in [5, 5.41) is 12.8. The van der Waals surface area contributed by atoms with Gasteiger partial charge in [-0.3, -0.25) is 23.7 Å². The molecular formula is C21H25F3N3O9P. The molecule has 0 aliphatic carbocycles. The zero-order chi connectivity index (χ0) is 27.4. The van der Waals surface area contributed by atoms with Crippen molar-refractivity contribution in [3.05, 3.63) is 63.4 Å². The Morgan fingerprint density at radius 3 is 2.59 bits per heavy atom. The molecule has 0 spiro atoms. The lowest BCUT2D eigenvalue weighted by atomic mass is 9.98. The molecule has 3 rings (SSSR count). The molecule has 6 atom stereocenters. The normalized spacial score (nSPS) is 26.0. The van der Waals surface area contributed by atoms with Gasteiger partial charge in [0.1, 0.15) is 24.0 Å². The molecule has 1 aliphatic rings. The number of carbonyl (C=O) groups excluding carboxylic acids is 1. The van der Waals surface area contributed by atoms with Crippen LogP contribution in [0.15, 0.2) is 52.2 Å². The molecule has 0 saturated carbocycles. The van der Waals surface area contributed by atoms with E-state index >= 15 is 4.39 Å². The largest absolute Gasteiger partial charge is 0.459 e. The first-order chi connectivity index (χ1) is 17.3. The Morgan fingerprint density at radius 1 is 1.30 bits per heavy atom. The zero-order valence-electron chi connectivity index (χ0n) is 19.6. The summed E-state index contributed by atoms with van der Waals surface area (Å²) < 4.78 is 74.9. The van der Waals surface area contributed by atoms with Crippen LogP contribution in [-0.4, -0.2) is 64.2 Å². The smallest absolute Gasteiger partial charge is 0.458 e. The molecule has 37 heavy (non-hydrogen) atoms. The van der Waals surface area contributed by atoms with Crippen LogP contribution in [0.5, 0.6) is 5.75 Å². The predicted octanol–water partition coefficient (Wildman–Crippen LogP) is 1.51. The van der Waals surface area contributed by atoms with Crippen molar-refractivity contribution < 1.29 is 46.2 Å². The fraction of sp³-hybridized carbons (Fsp3) is 0.476. The molecule has 1 saturated heterocycles. The molecule has 0 amide bonds. The van der Waals surface area contributed by atoms with Crippen LogP contribution in [0.1, 0.15) is 20.1 Å². The number of nitrogens with one attached hydrogen (secondary N) is 2. The van der Waals surface area contributed by atoms with E-state index in [1.165, 1.54) is 12.1 Å². The van der Waals surface area contributed by atoms with Gasteiger partial charge in [-0.25, -0.2) is 22.5 Å². The summed E-state index contributed by atoms with van der Waals surface area (Å²) in [5.41, 5.74) is -4.28. The molecule has 0 radical (unpaired) electrons. The van der Waals surface area contributed by atoms with E-state index in [9.17, 15) is 32.8 Å². The number of halogens is 3. The van der Waals surface area contributed by atoms with Gasteiger partial charge in [0.2, 0.25) is 0 Å². The third-order valence-electron chi connectivity index (χ3n) is 5.26. The second kappa shape index (κ2) is 11.6. The number of H-pyrrole nitrogens is 1. The summed E-state index contributed by atoms with van der Waals surface area (Å²) in [4.78, 5) is 37.4. The maximum atomic E-state index is 15.4. The van der Waals surface area contributed by atoms with Gasteiger partial charge >= 0.3 is 19.4 Å². The molecule has 1 fully saturated rings. The molecule has 16 heteroatoms. The molecular weight excluding hydrogens is 526 g/mol. The number of aliphatic hydroxyl groups is 1. The Bertz CT molecular complexity index is 1240. The van der Waals surface area contributed by atoms with Crippen molar-refractivity contribution in [3.63, 3.8) is 0 Å². The number of alkyl halides is 3. The second-order valence-corrected chi connectivity index (χ2v) is 9.90. The van der Waals surface area contributed by atoms with Gasteiger partial charge in [0, 0.05) is 12.3 Å². The molecule has 2 aromatic rings. The van der Waals surface area contributed by atoms with Crippen molar-refractivity contribution in [2.45, 2.75) is 50.4 Å². The number of aromatic nitrogens is 2. The van der Waals surface area contributed by atoms with Gasteiger partial charge < -0.3 is 19.1 Å². The van der Waals surface area contributed by atoms with Gasteiger partial charge in [-0.15, -0.1) is 0 Å². The van der Waals surface area contributed by atoms with Crippen molar-refractivity contribution in [2.24, 2.45) is 0 Å². The number of esters is 1. The molecule has 0 bridgehead atoms. The summed E-state index contributed by atoms with van der Waals surface area (Å²) in [6.45, 7) is 0.180. The van der Waals surface area contributed by atoms with Crippen molar-refractivity contribution >= 4 is 13.7 Å². The Kier molecular flexibility index (Phi) is 8.97. The maximum absolute atomic E-state index is 15.4. The Morgan fingerprint density at radius 2 is 1.97 bits per heavy atom. The van der Waals surface area contributed by atoms with Crippen molar-refractivity contribution in [1.82, 2.24) is 14.6 Å². The van der Waals surface area contributed by atoms with Gasteiger partial charge in [-0.1, -0.05) is 18.2 Å². The summed E-state index contributed by atoms with van der Waals surface area (Å²) >= 11 is 0. The highest BCUT2D eigenvalue weighted by Crippen LogP contribution is 2.47. The highest BCUT2D eigenvalue weighted by molar-refractivity contribution is 7.52. The summed E-state index contributed by atoms with van der Waals surface area (Å²) in [6.07, 6.45) is -7.01. The van der Waals surface area contributed by atoms with E-state index in [4.69, 9.17) is 13.8 Å². The number of para-hydroxylation sites is 1. The van der Waals surface area contributed by atoms with E-state index in [1.807, 2.05) is 4.98 Å². The lowest BCUT2D eigenvalue weighted by Crippen LogP contribution is -2.43. The van der Waals surface area contributed by atoms with Crippen molar-refractivity contribution in [1.29, 1.82) is 0 Å². The minimum Gasteiger partial charge on any atom is -0.458 e. The van der Waals surface area contributed by atoms with Crippen LogP contribution < -0.4 is 20.9 Å². The number of rotatable bonds is 11. The topological polar surface area (TPSA) is 158 Å². The average Bonchev–Trinajstić information content (AvgIpc) is 3.05. The Hall–Kier alpha value is -2.97. The van der Waals surface area contributed by atoms with Crippen molar-refractivity contribution in [2.75, 3.05) is 13.2 Å². The standard InChI is InChI=1S/C21H25F3N3O9P/c1-12(18(30)33-11-15(22)23)26-37(32,36-13-6-4-3-5-7-13)34-10-14-17(29)21(2,24)19(35-14)27-9-8-16(28)25-20(27)31/h3-9,12,14-15,17,19,29H,10-11H2,1-2H3,(H,26,32)(H,25,28,31)/t12-,14+,17+,19+,21+,37?/m0/s1. The number of nitrogens with zero attached hydrogens (tertiary/aromatic N) is 1. The van der Waals surface area contributed by atoms with E-state index in [0.29, 0.717) is 0 Å². The summed E-state index contributed by atoms with van der Waals surface area (Å²) in [7, 11) is -4.50. The van der Waals surface area contributed by atoms with Gasteiger partial charge in [0.05, 0.1) is 6.61 Å². The van der Waals surface area contributed by atoms with Gasteiger partial charge in [0.25, 0.3) is 12.0 Å². The van der Waals surface area contributed by atoms with E-state index in [0.717, 1.165) is 30.7 Å². The number of carbonyl (C=O) groups is 1. The molecule has 1 unspecified atom stereocenters. The Labute approximate surface area is 207 Å². The number of hydrogen-bond donors (Lipinski definition) is 3. The Balaban J connectivity index is 1.78. The lowest BCUT2D eigenvalue weighted by Gasteiger charge is -2.25. The van der Waals surface area contributed by atoms with Crippen LogP contribution in [0.3, 0.4) is 0 Å². The number of aromatic amines is 1. The third kappa shape index (κ3) is 7.08. The number of ether oxygens (including phenoxy) is 2. The first-order valence-corrected chi connectivity index (χ1v) is 12.4. The average molecular weight is 551 g/mol. The number of hydrogen-bond acceptors (Lipinski definition) is 9. The minimum atomic E-state index is -4.50. The van der Waals surface area contributed by atoms with E-state index in [-0.39, 0.29) is 5.75 Å². The third-order valence-corrected chi connectivity index (χ3v) is 6.90. The number of aliphatic hydroxyl groups excluding tert-OH is 1. The monoisotopic (exact) mass is 551 g/mol. The molecule has 1 aromatic heterocycles. The number of benzene rings is 1. The highest BCUT2D eigenvalue weighted by Gasteiger charge is 2.55. The lowest BCUT2D eigenvalue weighted by molar-refractivity contribution is -0.149. The quantitative estimate of drug-likeness (QED) is 0.276. The zero-order valence-corrected chi connectivity index (χ0v) is 20.5. The molecule has 1 aliphatic heterocycles. The second-order valence-electron chi connectivity index (χ2n) is 8.21. The van der Waals surface area contributed by atoms with Crippen LogP contribution in [0.25, 0.3) is 0 Å². The minimum absolute atomic E-state index is 0.0346. The predicted molar refractivity (Wildman–Crippen MR) is 121 cm³/mol. The molecule has 3 N–H and O–H groups in total. The molecule has 204 valence electrons. The molecule has 1 aromatic carbocycles. The van der Waals surface area contributed by atoms with E-state index in [2.05, 4.69) is 9.82 Å². The van der Waals surface area contributed by atoms with Gasteiger partial charge in [-0.05, 0) is 26.0 Å². The molecule has 12 nitrogen and oxygen atoms in total.